The highest BCUT2D eigenvalue weighted by Gasteiger charge is 2.10. The van der Waals surface area contributed by atoms with Crippen LogP contribution in [0, 0.1) is 5.82 Å². The van der Waals surface area contributed by atoms with E-state index < -0.39 is 11.8 Å². The number of imidazole rings is 1. The van der Waals surface area contributed by atoms with Crippen LogP contribution in [0.2, 0.25) is 0 Å². The minimum absolute atomic E-state index is 0.0539. The number of carboxylic acids is 1. The fourth-order valence-corrected chi connectivity index (χ4v) is 2.13. The van der Waals surface area contributed by atoms with Gasteiger partial charge in [-0.2, -0.15) is 0 Å². The number of fused-ring (bicyclic) bond motifs is 1. The number of carbonyl (C=O) groups is 1. The van der Waals surface area contributed by atoms with Gasteiger partial charge in [0.15, 0.2) is 0 Å². The Morgan fingerprint density at radius 1 is 1.25 bits per heavy atom. The van der Waals surface area contributed by atoms with Gasteiger partial charge in [0.1, 0.15) is 5.82 Å². The average Bonchev–Trinajstić information content (AvgIpc) is 2.84. The maximum atomic E-state index is 13.9. The minimum Gasteiger partial charge on any atom is -0.478 e. The Kier molecular flexibility index (Phi) is 2.95. The number of carboxylic acid groups (broad SMARTS) is 1. The number of aromatic carboxylic acids is 1. The number of para-hydroxylation sites is 2. The van der Waals surface area contributed by atoms with E-state index in [0.29, 0.717) is 12.1 Å². The van der Waals surface area contributed by atoms with Crippen LogP contribution in [0.25, 0.3) is 11.0 Å². The van der Waals surface area contributed by atoms with Crippen LogP contribution in [0.1, 0.15) is 15.9 Å². The zero-order valence-corrected chi connectivity index (χ0v) is 10.5. The molecule has 2 aromatic carbocycles. The van der Waals surface area contributed by atoms with E-state index in [4.69, 9.17) is 5.11 Å². The Labute approximate surface area is 114 Å². The van der Waals surface area contributed by atoms with Gasteiger partial charge in [0.2, 0.25) is 0 Å². The fourth-order valence-electron chi connectivity index (χ4n) is 2.13. The van der Waals surface area contributed by atoms with E-state index in [1.807, 2.05) is 28.8 Å². The lowest BCUT2D eigenvalue weighted by molar-refractivity contribution is 0.0696. The van der Waals surface area contributed by atoms with Gasteiger partial charge in [-0.05, 0) is 24.3 Å². The van der Waals surface area contributed by atoms with E-state index >= 15 is 0 Å². The molecule has 4 nitrogen and oxygen atoms in total. The SMILES string of the molecule is O=C(O)c1ccc(Cn2cnc3ccccc32)c(F)c1. The molecule has 0 aliphatic rings. The monoisotopic (exact) mass is 270 g/mol. The van der Waals surface area contributed by atoms with E-state index in [0.717, 1.165) is 17.1 Å². The van der Waals surface area contributed by atoms with Gasteiger partial charge >= 0.3 is 5.97 Å². The summed E-state index contributed by atoms with van der Waals surface area (Å²) in [5.74, 6) is -1.66. The summed E-state index contributed by atoms with van der Waals surface area (Å²) in [6, 6.07) is 11.5. The predicted octanol–water partition coefficient (Wildman–Crippen LogP) is 2.92. The molecule has 0 aliphatic carbocycles. The van der Waals surface area contributed by atoms with Crippen molar-refractivity contribution in [3.8, 4) is 0 Å². The molecule has 0 saturated carbocycles. The molecule has 0 aliphatic heterocycles. The third kappa shape index (κ3) is 2.14. The van der Waals surface area contributed by atoms with E-state index in [-0.39, 0.29) is 5.56 Å². The van der Waals surface area contributed by atoms with Crippen LogP contribution < -0.4 is 0 Å². The van der Waals surface area contributed by atoms with Crippen molar-refractivity contribution in [2.45, 2.75) is 6.54 Å². The molecule has 100 valence electrons. The number of hydrogen-bond donors (Lipinski definition) is 1. The molecule has 0 atom stereocenters. The van der Waals surface area contributed by atoms with Crippen LogP contribution in [0.5, 0.6) is 0 Å². The summed E-state index contributed by atoms with van der Waals surface area (Å²) in [5, 5.41) is 8.82. The number of nitrogens with zero attached hydrogens (tertiary/aromatic N) is 2. The summed E-state index contributed by atoms with van der Waals surface area (Å²) in [6.07, 6.45) is 1.65. The van der Waals surface area contributed by atoms with Crippen LogP contribution in [0.15, 0.2) is 48.8 Å². The van der Waals surface area contributed by atoms with Crippen molar-refractivity contribution in [2.24, 2.45) is 0 Å². The molecule has 5 heteroatoms. The van der Waals surface area contributed by atoms with Crippen molar-refractivity contribution < 1.29 is 14.3 Å². The lowest BCUT2D eigenvalue weighted by Gasteiger charge is -2.06. The van der Waals surface area contributed by atoms with Crippen molar-refractivity contribution in [3.05, 3.63) is 65.7 Å². The Balaban J connectivity index is 1.97. The smallest absolute Gasteiger partial charge is 0.335 e. The highest BCUT2D eigenvalue weighted by Crippen LogP contribution is 2.16. The first-order valence-electron chi connectivity index (χ1n) is 6.07. The van der Waals surface area contributed by atoms with Crippen LogP contribution in [-0.4, -0.2) is 20.6 Å². The number of rotatable bonds is 3. The number of halogens is 1. The zero-order valence-electron chi connectivity index (χ0n) is 10.5. The zero-order chi connectivity index (χ0) is 14.1. The van der Waals surface area contributed by atoms with Crippen LogP contribution in [-0.2, 0) is 6.54 Å². The van der Waals surface area contributed by atoms with Gasteiger partial charge in [-0.3, -0.25) is 0 Å². The standard InChI is InChI=1S/C15H11FN2O2/c16-12-7-10(15(19)20)5-6-11(12)8-18-9-17-13-3-1-2-4-14(13)18/h1-7,9H,8H2,(H,19,20). The second kappa shape index (κ2) is 4.77. The van der Waals surface area contributed by atoms with Crippen molar-refractivity contribution in [1.29, 1.82) is 0 Å². The van der Waals surface area contributed by atoms with Gasteiger partial charge in [-0.25, -0.2) is 14.2 Å². The molecule has 1 aromatic heterocycles. The molecular weight excluding hydrogens is 259 g/mol. The van der Waals surface area contributed by atoms with Gasteiger partial charge < -0.3 is 9.67 Å². The topological polar surface area (TPSA) is 55.1 Å². The first kappa shape index (κ1) is 12.3. The molecule has 0 unspecified atom stereocenters. The molecule has 0 saturated heterocycles. The first-order chi connectivity index (χ1) is 9.65. The van der Waals surface area contributed by atoms with Crippen molar-refractivity contribution in [2.75, 3.05) is 0 Å². The molecule has 0 spiro atoms. The fraction of sp³-hybridized carbons (Fsp3) is 0.0667. The summed E-state index contributed by atoms with van der Waals surface area (Å²) in [7, 11) is 0. The van der Waals surface area contributed by atoms with Gasteiger partial charge in [0, 0.05) is 5.56 Å². The predicted molar refractivity (Wildman–Crippen MR) is 72.2 cm³/mol. The van der Waals surface area contributed by atoms with Gasteiger partial charge in [-0.15, -0.1) is 0 Å². The summed E-state index contributed by atoms with van der Waals surface area (Å²) >= 11 is 0. The van der Waals surface area contributed by atoms with E-state index in [1.54, 1.807) is 6.33 Å². The molecule has 0 bridgehead atoms. The van der Waals surface area contributed by atoms with Crippen LogP contribution >= 0.6 is 0 Å². The highest BCUT2D eigenvalue weighted by molar-refractivity contribution is 5.87. The third-order valence-corrected chi connectivity index (χ3v) is 3.17. The minimum atomic E-state index is -1.14. The van der Waals surface area contributed by atoms with Gasteiger partial charge in [0.05, 0.1) is 29.5 Å². The molecule has 0 fully saturated rings. The quantitative estimate of drug-likeness (QED) is 0.796. The Morgan fingerprint density at radius 2 is 2.05 bits per heavy atom. The van der Waals surface area contributed by atoms with Crippen LogP contribution in [0.4, 0.5) is 4.39 Å². The van der Waals surface area contributed by atoms with Gasteiger partial charge in [0.25, 0.3) is 0 Å². The van der Waals surface area contributed by atoms with Crippen molar-refractivity contribution in [3.63, 3.8) is 0 Å². The lowest BCUT2D eigenvalue weighted by Crippen LogP contribution is -2.03. The lowest BCUT2D eigenvalue weighted by atomic mass is 10.1. The highest BCUT2D eigenvalue weighted by atomic mass is 19.1. The number of benzene rings is 2. The molecule has 0 amide bonds. The summed E-state index contributed by atoms with van der Waals surface area (Å²) in [6.45, 7) is 0.312. The molecule has 1 N–H and O–H groups in total. The Hall–Kier alpha value is -2.69. The Morgan fingerprint density at radius 3 is 2.80 bits per heavy atom. The van der Waals surface area contributed by atoms with E-state index in [1.165, 1.54) is 12.1 Å². The number of hydrogen-bond acceptors (Lipinski definition) is 2. The largest absolute Gasteiger partial charge is 0.478 e. The number of aromatic nitrogens is 2. The second-order valence-corrected chi connectivity index (χ2v) is 4.47. The maximum absolute atomic E-state index is 13.9. The maximum Gasteiger partial charge on any atom is 0.335 e. The van der Waals surface area contributed by atoms with E-state index in [9.17, 15) is 9.18 Å². The van der Waals surface area contributed by atoms with E-state index in [2.05, 4.69) is 4.98 Å². The van der Waals surface area contributed by atoms with Crippen molar-refractivity contribution >= 4 is 17.0 Å². The van der Waals surface area contributed by atoms with Gasteiger partial charge in [-0.1, -0.05) is 18.2 Å². The second-order valence-electron chi connectivity index (χ2n) is 4.47. The van der Waals surface area contributed by atoms with Crippen molar-refractivity contribution in [1.82, 2.24) is 9.55 Å². The average molecular weight is 270 g/mol. The molecule has 3 aromatic rings. The summed E-state index contributed by atoms with van der Waals surface area (Å²) in [5.41, 5.74) is 2.13. The molecule has 0 radical (unpaired) electrons. The summed E-state index contributed by atoms with van der Waals surface area (Å²) < 4.78 is 15.7. The first-order valence-corrected chi connectivity index (χ1v) is 6.07. The van der Waals surface area contributed by atoms with Crippen LogP contribution in [0.3, 0.4) is 0 Å². The third-order valence-electron chi connectivity index (χ3n) is 3.17. The Bertz CT molecular complexity index is 795. The molecule has 1 heterocycles. The molecule has 3 rings (SSSR count). The normalized spacial score (nSPS) is 10.8. The summed E-state index contributed by atoms with van der Waals surface area (Å²) in [4.78, 5) is 15.0. The molecular formula is C15H11FN2O2. The molecule has 20 heavy (non-hydrogen) atoms.